The van der Waals surface area contributed by atoms with E-state index in [0.29, 0.717) is 5.41 Å². The largest absolute Gasteiger partial charge is 0.490 e. The number of amides is 1. The van der Waals surface area contributed by atoms with Gasteiger partial charge in [-0.2, -0.15) is 0 Å². The van der Waals surface area contributed by atoms with Crippen LogP contribution in [0.25, 0.3) is 0 Å². The Labute approximate surface area is 132 Å². The van der Waals surface area contributed by atoms with E-state index in [-0.39, 0.29) is 24.4 Å². The number of carbonyl (C=O) groups is 1. The molecular formula is C16H26BNO4. The molecule has 3 rings (SSSR count). The Morgan fingerprint density at radius 3 is 2.32 bits per heavy atom. The summed E-state index contributed by atoms with van der Waals surface area (Å²) in [4.78, 5) is 10.7. The summed E-state index contributed by atoms with van der Waals surface area (Å²) in [5, 5.41) is 11.3. The zero-order valence-corrected chi connectivity index (χ0v) is 13.9. The third kappa shape index (κ3) is 2.67. The van der Waals surface area contributed by atoms with Gasteiger partial charge in [0.1, 0.15) is 0 Å². The Morgan fingerprint density at radius 2 is 1.86 bits per heavy atom. The Morgan fingerprint density at radius 1 is 1.27 bits per heavy atom. The first-order valence-electron chi connectivity index (χ1n) is 8.17. The van der Waals surface area contributed by atoms with Crippen LogP contribution in [0.4, 0.5) is 4.79 Å². The highest BCUT2D eigenvalue weighted by atomic mass is 16.7. The molecule has 0 atom stereocenters. The number of nitrogens with one attached hydrogen (secondary N) is 1. The van der Waals surface area contributed by atoms with E-state index in [0.717, 1.165) is 32.1 Å². The zero-order chi connectivity index (χ0) is 16.2. The number of hydrogen-bond donors (Lipinski definition) is 2. The van der Waals surface area contributed by atoms with Crippen LogP contribution >= 0.6 is 0 Å². The van der Waals surface area contributed by atoms with Gasteiger partial charge >= 0.3 is 13.2 Å². The normalized spacial score (nSPS) is 35.9. The van der Waals surface area contributed by atoms with Crippen molar-refractivity contribution in [3.63, 3.8) is 0 Å². The van der Waals surface area contributed by atoms with Crippen LogP contribution < -0.4 is 5.32 Å². The maximum absolute atomic E-state index is 10.7. The molecule has 1 saturated heterocycles. The molecule has 1 spiro atoms. The van der Waals surface area contributed by atoms with Gasteiger partial charge in [0.2, 0.25) is 0 Å². The van der Waals surface area contributed by atoms with E-state index in [2.05, 4.69) is 39.1 Å². The lowest BCUT2D eigenvalue weighted by Gasteiger charge is -2.49. The topological polar surface area (TPSA) is 67.8 Å². The van der Waals surface area contributed by atoms with Gasteiger partial charge in [0.05, 0.1) is 11.2 Å². The summed E-state index contributed by atoms with van der Waals surface area (Å²) in [7, 11) is -0.227. The maximum atomic E-state index is 10.7. The molecule has 1 saturated carbocycles. The minimum atomic E-state index is -0.913. The Bertz CT molecular complexity index is 492. The third-order valence-electron chi connectivity index (χ3n) is 5.98. The summed E-state index contributed by atoms with van der Waals surface area (Å²) in [6.45, 7) is 8.30. The molecule has 22 heavy (non-hydrogen) atoms. The molecule has 3 aliphatic rings. The summed E-state index contributed by atoms with van der Waals surface area (Å²) in [5.74, 6) is 0. The standard InChI is InChI=1S/C16H26BNO4/c1-14(2)15(3,4)22-17(21-14)11-5-7-16(8-6-11)9-12(10-16)18-13(19)20/h5,12,18H,6-10H2,1-4H3,(H,19,20). The van der Waals surface area contributed by atoms with Gasteiger partial charge in [-0.1, -0.05) is 6.08 Å². The molecule has 0 bridgehead atoms. The second kappa shape index (κ2) is 5.00. The summed E-state index contributed by atoms with van der Waals surface area (Å²) in [5.41, 5.74) is 0.959. The quantitative estimate of drug-likeness (QED) is 0.769. The zero-order valence-electron chi connectivity index (χ0n) is 13.9. The van der Waals surface area contributed by atoms with Crippen LogP contribution in [0.15, 0.2) is 11.5 Å². The molecule has 1 amide bonds. The fourth-order valence-corrected chi connectivity index (χ4v) is 3.80. The predicted octanol–water partition coefficient (Wildman–Crippen LogP) is 3.14. The van der Waals surface area contributed by atoms with Gasteiger partial charge in [-0.15, -0.1) is 0 Å². The fraction of sp³-hybridized carbons (Fsp3) is 0.812. The Balaban J connectivity index is 1.58. The van der Waals surface area contributed by atoms with E-state index in [9.17, 15) is 4.79 Å². The van der Waals surface area contributed by atoms with Crippen molar-refractivity contribution in [1.82, 2.24) is 5.32 Å². The van der Waals surface area contributed by atoms with Crippen molar-refractivity contribution in [3.8, 4) is 0 Å². The minimum absolute atomic E-state index is 0.129. The monoisotopic (exact) mass is 307 g/mol. The molecule has 122 valence electrons. The first-order chi connectivity index (χ1) is 10.1. The number of rotatable bonds is 2. The fourth-order valence-electron chi connectivity index (χ4n) is 3.80. The number of hydrogen-bond acceptors (Lipinski definition) is 3. The van der Waals surface area contributed by atoms with Crippen molar-refractivity contribution in [1.29, 1.82) is 0 Å². The van der Waals surface area contributed by atoms with Gasteiger partial charge in [0, 0.05) is 6.04 Å². The lowest BCUT2D eigenvalue weighted by molar-refractivity contribution is 0.00578. The Kier molecular flexibility index (Phi) is 3.61. The molecular weight excluding hydrogens is 281 g/mol. The van der Waals surface area contributed by atoms with E-state index in [1.807, 2.05) is 0 Å². The van der Waals surface area contributed by atoms with Crippen LogP contribution in [0, 0.1) is 5.41 Å². The van der Waals surface area contributed by atoms with Crippen molar-refractivity contribution in [2.75, 3.05) is 0 Å². The molecule has 2 N–H and O–H groups in total. The average molecular weight is 307 g/mol. The molecule has 0 aromatic rings. The van der Waals surface area contributed by atoms with Gasteiger partial charge in [-0.3, -0.25) is 0 Å². The van der Waals surface area contributed by atoms with Gasteiger partial charge < -0.3 is 19.7 Å². The molecule has 2 aliphatic carbocycles. The lowest BCUT2D eigenvalue weighted by atomic mass is 9.56. The minimum Gasteiger partial charge on any atom is -0.465 e. The molecule has 1 heterocycles. The van der Waals surface area contributed by atoms with Crippen molar-refractivity contribution in [2.24, 2.45) is 5.41 Å². The smallest absolute Gasteiger partial charge is 0.465 e. The number of carboxylic acid groups (broad SMARTS) is 1. The van der Waals surface area contributed by atoms with Crippen molar-refractivity contribution >= 4 is 13.2 Å². The van der Waals surface area contributed by atoms with E-state index in [1.165, 1.54) is 5.47 Å². The van der Waals surface area contributed by atoms with E-state index in [4.69, 9.17) is 14.4 Å². The van der Waals surface area contributed by atoms with Crippen LogP contribution in [0.5, 0.6) is 0 Å². The van der Waals surface area contributed by atoms with Crippen LogP contribution in [-0.2, 0) is 9.31 Å². The van der Waals surface area contributed by atoms with Crippen molar-refractivity contribution in [3.05, 3.63) is 11.5 Å². The third-order valence-corrected chi connectivity index (χ3v) is 5.98. The summed E-state index contributed by atoms with van der Waals surface area (Å²) >= 11 is 0. The maximum Gasteiger partial charge on any atom is 0.490 e. The molecule has 0 radical (unpaired) electrons. The van der Waals surface area contributed by atoms with Crippen LogP contribution in [0.3, 0.4) is 0 Å². The van der Waals surface area contributed by atoms with Crippen molar-refractivity contribution in [2.45, 2.75) is 77.0 Å². The second-order valence-corrected chi connectivity index (χ2v) is 8.13. The lowest BCUT2D eigenvalue weighted by Crippen LogP contribution is -2.51. The van der Waals surface area contributed by atoms with Gasteiger partial charge in [-0.25, -0.2) is 4.79 Å². The van der Waals surface area contributed by atoms with Gasteiger partial charge in [0.15, 0.2) is 0 Å². The van der Waals surface area contributed by atoms with Crippen molar-refractivity contribution < 1.29 is 19.2 Å². The SMILES string of the molecule is CC1(C)OB(C2=CCC3(CC2)CC(NC(=O)O)C3)OC1(C)C. The highest BCUT2D eigenvalue weighted by Crippen LogP contribution is 2.52. The van der Waals surface area contributed by atoms with Crippen LogP contribution in [0.2, 0.25) is 0 Å². The van der Waals surface area contributed by atoms with E-state index in [1.54, 1.807) is 0 Å². The first kappa shape index (κ1) is 15.9. The second-order valence-electron chi connectivity index (χ2n) is 8.13. The molecule has 5 nitrogen and oxygen atoms in total. The van der Waals surface area contributed by atoms with Crippen LogP contribution in [-0.4, -0.2) is 35.6 Å². The van der Waals surface area contributed by atoms with E-state index < -0.39 is 6.09 Å². The van der Waals surface area contributed by atoms with Gasteiger partial charge in [-0.05, 0) is 70.7 Å². The molecule has 0 aromatic heterocycles. The first-order valence-corrected chi connectivity index (χ1v) is 8.17. The molecule has 2 fully saturated rings. The van der Waals surface area contributed by atoms with E-state index >= 15 is 0 Å². The summed E-state index contributed by atoms with van der Waals surface area (Å²) in [6, 6.07) is 0.129. The highest BCUT2D eigenvalue weighted by molar-refractivity contribution is 6.54. The summed E-state index contributed by atoms with van der Waals surface area (Å²) < 4.78 is 12.2. The average Bonchev–Trinajstić information content (AvgIpc) is 2.57. The molecule has 1 aliphatic heterocycles. The highest BCUT2D eigenvalue weighted by Gasteiger charge is 2.53. The predicted molar refractivity (Wildman–Crippen MR) is 84.6 cm³/mol. The Hall–Kier alpha value is -1.01. The summed E-state index contributed by atoms with van der Waals surface area (Å²) in [6.07, 6.45) is 6.34. The van der Waals surface area contributed by atoms with Crippen LogP contribution in [0.1, 0.15) is 59.8 Å². The molecule has 0 unspecified atom stereocenters. The van der Waals surface area contributed by atoms with Gasteiger partial charge in [0.25, 0.3) is 0 Å². The molecule has 0 aromatic carbocycles. The molecule has 6 heteroatoms. The number of allylic oxidation sites excluding steroid dienone is 2.